The number of halogens is 4. The van der Waals surface area contributed by atoms with E-state index in [2.05, 4.69) is 4.72 Å². The van der Waals surface area contributed by atoms with Crippen LogP contribution in [0.25, 0.3) is 11.1 Å². The van der Waals surface area contributed by atoms with Crippen molar-refractivity contribution in [1.29, 1.82) is 0 Å². The molecule has 1 N–H and O–H groups in total. The Hall–Kier alpha value is -3.86. The molecule has 0 saturated heterocycles. The van der Waals surface area contributed by atoms with Crippen molar-refractivity contribution in [3.8, 4) is 5.75 Å². The van der Waals surface area contributed by atoms with Gasteiger partial charge < -0.3 is 9.47 Å². The van der Waals surface area contributed by atoms with Gasteiger partial charge in [-0.2, -0.15) is 13.2 Å². The molecule has 3 aromatic rings. The van der Waals surface area contributed by atoms with Crippen LogP contribution in [0, 0.1) is 5.82 Å². The van der Waals surface area contributed by atoms with Crippen LogP contribution in [0.3, 0.4) is 0 Å². The molecule has 6 nitrogen and oxygen atoms in total. The molecule has 0 amide bonds. The second kappa shape index (κ2) is 11.7. The molecule has 212 valence electrons. The fourth-order valence-electron chi connectivity index (χ4n) is 4.57. The summed E-state index contributed by atoms with van der Waals surface area (Å²) in [4.78, 5) is 12.5. The average molecular weight is 578 g/mol. The van der Waals surface area contributed by atoms with Gasteiger partial charge in [0.2, 0.25) is 10.0 Å². The molecule has 0 saturated carbocycles. The second-order valence-corrected chi connectivity index (χ2v) is 11.0. The van der Waals surface area contributed by atoms with Crippen LogP contribution < -0.4 is 9.46 Å². The van der Waals surface area contributed by atoms with Crippen molar-refractivity contribution < 1.29 is 40.2 Å². The van der Waals surface area contributed by atoms with E-state index in [1.54, 1.807) is 6.92 Å². The molecule has 0 aromatic heterocycles. The summed E-state index contributed by atoms with van der Waals surface area (Å²) in [5.74, 6) is -0.855. The van der Waals surface area contributed by atoms with Gasteiger partial charge in [-0.05, 0) is 91.4 Å². The lowest BCUT2D eigenvalue weighted by Gasteiger charge is -2.19. The Labute approximate surface area is 229 Å². The Morgan fingerprint density at radius 3 is 2.25 bits per heavy atom. The number of benzene rings is 3. The summed E-state index contributed by atoms with van der Waals surface area (Å²) in [6.45, 7) is 1.77. The maximum Gasteiger partial charge on any atom is 0.416 e. The van der Waals surface area contributed by atoms with E-state index in [0.29, 0.717) is 41.5 Å². The molecule has 0 radical (unpaired) electrons. The van der Waals surface area contributed by atoms with Gasteiger partial charge in [-0.25, -0.2) is 17.6 Å². The molecular formula is C29H27F4NO5S. The lowest BCUT2D eigenvalue weighted by Crippen LogP contribution is -2.12. The zero-order valence-electron chi connectivity index (χ0n) is 21.8. The van der Waals surface area contributed by atoms with Gasteiger partial charge in [0.05, 0.1) is 29.7 Å². The lowest BCUT2D eigenvalue weighted by molar-refractivity contribution is -0.137. The van der Waals surface area contributed by atoms with Gasteiger partial charge >= 0.3 is 12.1 Å². The highest BCUT2D eigenvalue weighted by Gasteiger charge is 2.33. The van der Waals surface area contributed by atoms with Crippen LogP contribution in [0.5, 0.6) is 5.75 Å². The number of hydrogen-bond acceptors (Lipinski definition) is 5. The largest absolute Gasteiger partial charge is 0.488 e. The SMILES string of the molecule is CCOC(=O)c1ccc(NS(C)(=O)=O)c(C2=C(c3cc(C(F)(F)F)ccc3OCc3ccc(F)cc3)CCC2)c1. The number of nitrogens with one attached hydrogen (secondary N) is 1. The molecule has 0 unspecified atom stereocenters. The van der Waals surface area contributed by atoms with E-state index in [0.717, 1.165) is 18.4 Å². The van der Waals surface area contributed by atoms with Crippen molar-refractivity contribution in [1.82, 2.24) is 0 Å². The van der Waals surface area contributed by atoms with Crippen LogP contribution in [0.4, 0.5) is 23.2 Å². The molecule has 0 fully saturated rings. The zero-order chi connectivity index (χ0) is 29.1. The number of sulfonamides is 1. The first-order valence-electron chi connectivity index (χ1n) is 12.5. The lowest BCUT2D eigenvalue weighted by atomic mass is 9.93. The van der Waals surface area contributed by atoms with Crippen molar-refractivity contribution >= 4 is 32.8 Å². The first-order valence-corrected chi connectivity index (χ1v) is 14.3. The van der Waals surface area contributed by atoms with Gasteiger partial charge in [0.1, 0.15) is 18.2 Å². The normalized spacial score (nSPS) is 13.8. The van der Waals surface area contributed by atoms with Gasteiger partial charge in [0.15, 0.2) is 0 Å². The summed E-state index contributed by atoms with van der Waals surface area (Å²) in [5, 5.41) is 0. The van der Waals surface area contributed by atoms with E-state index in [-0.39, 0.29) is 35.8 Å². The minimum absolute atomic E-state index is 0.0134. The van der Waals surface area contributed by atoms with Gasteiger partial charge in [-0.1, -0.05) is 12.1 Å². The van der Waals surface area contributed by atoms with Crippen molar-refractivity contribution in [2.24, 2.45) is 0 Å². The molecule has 1 aliphatic carbocycles. The minimum Gasteiger partial charge on any atom is -0.488 e. The van der Waals surface area contributed by atoms with Crippen LogP contribution in [0.1, 0.15) is 58.8 Å². The smallest absolute Gasteiger partial charge is 0.416 e. The van der Waals surface area contributed by atoms with Crippen LogP contribution in [0.2, 0.25) is 0 Å². The molecule has 0 heterocycles. The van der Waals surface area contributed by atoms with Crippen molar-refractivity contribution in [2.45, 2.75) is 39.0 Å². The number of alkyl halides is 3. The molecule has 0 atom stereocenters. The number of ether oxygens (including phenoxy) is 2. The Kier molecular flexibility index (Phi) is 8.53. The molecule has 3 aromatic carbocycles. The maximum absolute atomic E-state index is 13.7. The molecular weight excluding hydrogens is 550 g/mol. The summed E-state index contributed by atoms with van der Waals surface area (Å²) >= 11 is 0. The third kappa shape index (κ3) is 7.01. The van der Waals surface area contributed by atoms with Crippen molar-refractivity contribution in [2.75, 3.05) is 17.6 Å². The monoisotopic (exact) mass is 577 g/mol. The summed E-state index contributed by atoms with van der Waals surface area (Å²) < 4.78 is 92.2. The Balaban J connectivity index is 1.86. The topological polar surface area (TPSA) is 81.7 Å². The molecule has 40 heavy (non-hydrogen) atoms. The molecule has 4 rings (SSSR count). The zero-order valence-corrected chi connectivity index (χ0v) is 22.6. The fraction of sp³-hybridized carbons (Fsp3) is 0.276. The first-order chi connectivity index (χ1) is 18.9. The van der Waals surface area contributed by atoms with E-state index in [1.807, 2.05) is 0 Å². The van der Waals surface area contributed by atoms with Crippen molar-refractivity contribution in [3.05, 3.63) is 94.3 Å². The Morgan fingerprint density at radius 2 is 1.62 bits per heavy atom. The summed E-state index contributed by atoms with van der Waals surface area (Å²) in [7, 11) is -3.72. The highest BCUT2D eigenvalue weighted by molar-refractivity contribution is 7.92. The minimum atomic E-state index is -4.61. The number of allylic oxidation sites excluding steroid dienone is 2. The van der Waals surface area contributed by atoms with Gasteiger partial charge in [0, 0.05) is 11.1 Å². The second-order valence-electron chi connectivity index (χ2n) is 9.29. The predicted molar refractivity (Wildman–Crippen MR) is 144 cm³/mol. The van der Waals surface area contributed by atoms with E-state index < -0.39 is 33.5 Å². The molecule has 1 aliphatic rings. The Bertz CT molecular complexity index is 1550. The molecule has 0 spiro atoms. The van der Waals surface area contributed by atoms with Crippen LogP contribution >= 0.6 is 0 Å². The van der Waals surface area contributed by atoms with Gasteiger partial charge in [-0.3, -0.25) is 4.72 Å². The highest BCUT2D eigenvalue weighted by Crippen LogP contribution is 2.46. The van der Waals surface area contributed by atoms with Gasteiger partial charge in [0.25, 0.3) is 0 Å². The number of carbonyl (C=O) groups is 1. The highest BCUT2D eigenvalue weighted by atomic mass is 32.2. The van der Waals surface area contributed by atoms with E-state index >= 15 is 0 Å². The third-order valence-electron chi connectivity index (χ3n) is 6.31. The number of anilines is 1. The van der Waals surface area contributed by atoms with Gasteiger partial charge in [-0.15, -0.1) is 0 Å². The van der Waals surface area contributed by atoms with Crippen LogP contribution in [-0.2, 0) is 27.5 Å². The average Bonchev–Trinajstić information content (AvgIpc) is 3.37. The quantitative estimate of drug-likeness (QED) is 0.217. The van der Waals surface area contributed by atoms with Crippen molar-refractivity contribution in [3.63, 3.8) is 0 Å². The van der Waals surface area contributed by atoms with Crippen LogP contribution in [0.15, 0.2) is 60.7 Å². The molecule has 0 aliphatic heterocycles. The number of rotatable bonds is 9. The predicted octanol–water partition coefficient (Wildman–Crippen LogP) is 7.07. The number of hydrogen-bond donors (Lipinski definition) is 1. The summed E-state index contributed by atoms with van der Waals surface area (Å²) in [6, 6.07) is 13.1. The maximum atomic E-state index is 13.7. The first kappa shape index (κ1) is 29.1. The van der Waals surface area contributed by atoms with E-state index in [4.69, 9.17) is 9.47 Å². The molecule has 11 heteroatoms. The molecule has 0 bridgehead atoms. The number of carbonyl (C=O) groups excluding carboxylic acids is 1. The fourth-order valence-corrected chi connectivity index (χ4v) is 5.15. The number of esters is 1. The van der Waals surface area contributed by atoms with Crippen LogP contribution in [-0.4, -0.2) is 27.2 Å². The summed E-state index contributed by atoms with van der Waals surface area (Å²) in [5.41, 5.74) is 1.81. The Morgan fingerprint density at radius 1 is 0.950 bits per heavy atom. The summed E-state index contributed by atoms with van der Waals surface area (Å²) in [6.07, 6.45) is -2.23. The standard InChI is InChI=1S/C29H27F4NO5S/c1-3-38-28(35)19-9-13-26(34-40(2,36)37)24(15-19)22-5-4-6-23(22)25-16-20(29(31,32)33)10-14-27(25)39-17-18-7-11-21(30)12-8-18/h7-16,34H,3-6,17H2,1-2H3. The van der Waals surface area contributed by atoms with E-state index in [9.17, 15) is 30.8 Å². The van der Waals surface area contributed by atoms with E-state index in [1.165, 1.54) is 48.5 Å². The third-order valence-corrected chi connectivity index (χ3v) is 6.90.